The second kappa shape index (κ2) is 5.00. The molecule has 1 fully saturated rings. The number of rotatable bonds is 2. The second-order valence-electron chi connectivity index (χ2n) is 5.09. The predicted octanol–water partition coefficient (Wildman–Crippen LogP) is 2.60. The smallest absolute Gasteiger partial charge is 0.156 e. The maximum atomic E-state index is 4.60. The molecule has 2 aliphatic heterocycles. The summed E-state index contributed by atoms with van der Waals surface area (Å²) in [7, 11) is 0. The first-order valence-corrected chi connectivity index (χ1v) is 7.72. The highest BCUT2D eigenvalue weighted by Crippen LogP contribution is 2.28. The quantitative estimate of drug-likeness (QED) is 0.808. The summed E-state index contributed by atoms with van der Waals surface area (Å²) < 4.78 is 0. The lowest BCUT2D eigenvalue weighted by Gasteiger charge is -2.27. The highest BCUT2D eigenvalue weighted by Gasteiger charge is 2.24. The Hall–Kier alpha value is 0.170. The maximum absolute atomic E-state index is 4.60. The Bertz CT molecular complexity index is 245. The van der Waals surface area contributed by atoms with E-state index in [0.29, 0.717) is 5.41 Å². The van der Waals surface area contributed by atoms with Crippen molar-refractivity contribution >= 4 is 28.7 Å². The van der Waals surface area contributed by atoms with Gasteiger partial charge in [-0.25, -0.2) is 0 Å². The lowest BCUT2D eigenvalue weighted by molar-refractivity contribution is 0.436. The third kappa shape index (κ3) is 3.59. The highest BCUT2D eigenvalue weighted by molar-refractivity contribution is 8.13. The van der Waals surface area contributed by atoms with Crippen molar-refractivity contribution in [3.63, 3.8) is 0 Å². The van der Waals surface area contributed by atoms with Crippen LogP contribution in [0.15, 0.2) is 4.99 Å². The number of hydrogen-bond donors (Lipinski definition) is 1. The fraction of sp³-hybridized carbons (Fsp3) is 0.909. The molecule has 1 N–H and O–H groups in total. The largest absolute Gasteiger partial charge is 0.364 e. The molecule has 0 radical (unpaired) electrons. The zero-order valence-corrected chi connectivity index (χ0v) is 11.2. The summed E-state index contributed by atoms with van der Waals surface area (Å²) in [5.74, 6) is 2.54. The van der Waals surface area contributed by atoms with Crippen molar-refractivity contribution in [1.82, 2.24) is 5.32 Å². The third-order valence-corrected chi connectivity index (χ3v) is 5.63. The van der Waals surface area contributed by atoms with Crippen molar-refractivity contribution in [2.24, 2.45) is 10.4 Å². The van der Waals surface area contributed by atoms with Crippen molar-refractivity contribution in [3.8, 4) is 0 Å². The second-order valence-corrected chi connectivity index (χ2v) is 7.46. The molecule has 0 bridgehead atoms. The van der Waals surface area contributed by atoms with Crippen LogP contribution in [0.4, 0.5) is 0 Å². The number of aliphatic imine (C=N–C) groups is 1. The first-order chi connectivity index (χ1) is 7.16. The van der Waals surface area contributed by atoms with E-state index in [1.807, 2.05) is 11.8 Å². The lowest BCUT2D eigenvalue weighted by atomic mass is 9.97. The first kappa shape index (κ1) is 11.6. The van der Waals surface area contributed by atoms with Crippen LogP contribution in [0.5, 0.6) is 0 Å². The van der Waals surface area contributed by atoms with Crippen molar-refractivity contribution in [2.45, 2.75) is 31.9 Å². The summed E-state index contributed by atoms with van der Waals surface area (Å²) in [6, 6.07) is 0. The van der Waals surface area contributed by atoms with Crippen LogP contribution in [0, 0.1) is 5.41 Å². The van der Waals surface area contributed by atoms with Crippen LogP contribution in [0.3, 0.4) is 0 Å². The standard InChI is InChI=1S/C11H20N2S2/c1-11(2)7-13-10(15-8-11)12-6-9-4-3-5-14-9/h9H,3-8H2,1-2H3,(H,12,13). The monoisotopic (exact) mass is 244 g/mol. The molecule has 1 atom stereocenters. The van der Waals surface area contributed by atoms with Gasteiger partial charge in [0.2, 0.25) is 0 Å². The third-order valence-electron chi connectivity index (χ3n) is 2.76. The number of nitrogens with one attached hydrogen (secondary N) is 1. The van der Waals surface area contributed by atoms with Gasteiger partial charge in [0.15, 0.2) is 5.17 Å². The Morgan fingerprint density at radius 2 is 2.40 bits per heavy atom. The average molecular weight is 244 g/mol. The van der Waals surface area contributed by atoms with Crippen LogP contribution in [0.1, 0.15) is 26.7 Å². The van der Waals surface area contributed by atoms with Gasteiger partial charge in [0, 0.05) is 24.1 Å². The van der Waals surface area contributed by atoms with Crippen LogP contribution in [0.2, 0.25) is 0 Å². The minimum absolute atomic E-state index is 0.387. The predicted molar refractivity (Wildman–Crippen MR) is 72.0 cm³/mol. The van der Waals surface area contributed by atoms with Gasteiger partial charge in [-0.2, -0.15) is 11.8 Å². The molecule has 1 unspecified atom stereocenters. The molecule has 0 aromatic heterocycles. The number of thioether (sulfide) groups is 2. The SMILES string of the molecule is CC1(C)CN=C(NCC2CCCS2)SC1. The zero-order valence-electron chi connectivity index (χ0n) is 9.58. The molecule has 2 aliphatic rings. The molecule has 0 aromatic carbocycles. The number of amidine groups is 1. The van der Waals surface area contributed by atoms with E-state index in [9.17, 15) is 0 Å². The van der Waals surface area contributed by atoms with Gasteiger partial charge in [-0.05, 0) is 24.0 Å². The molecule has 15 heavy (non-hydrogen) atoms. The normalized spacial score (nSPS) is 30.0. The summed E-state index contributed by atoms with van der Waals surface area (Å²) in [5, 5.41) is 5.48. The van der Waals surface area contributed by atoms with E-state index in [1.54, 1.807) is 0 Å². The summed E-state index contributed by atoms with van der Waals surface area (Å²) in [5.41, 5.74) is 0.387. The molecule has 0 aromatic rings. The van der Waals surface area contributed by atoms with Gasteiger partial charge in [-0.1, -0.05) is 25.6 Å². The van der Waals surface area contributed by atoms with E-state index < -0.39 is 0 Å². The summed E-state index contributed by atoms with van der Waals surface area (Å²) in [6.45, 7) is 6.65. The molecular formula is C11H20N2S2. The molecule has 2 nitrogen and oxygen atoms in total. The molecule has 4 heteroatoms. The molecular weight excluding hydrogens is 224 g/mol. The summed E-state index contributed by atoms with van der Waals surface area (Å²) in [6.07, 6.45) is 2.77. The molecule has 1 saturated heterocycles. The molecule has 0 saturated carbocycles. The van der Waals surface area contributed by atoms with Crippen LogP contribution in [-0.4, -0.2) is 35.0 Å². The number of hydrogen-bond acceptors (Lipinski definition) is 4. The van der Waals surface area contributed by atoms with Crippen LogP contribution >= 0.6 is 23.5 Å². The zero-order chi connectivity index (χ0) is 10.7. The Morgan fingerprint density at radius 1 is 1.53 bits per heavy atom. The van der Waals surface area contributed by atoms with E-state index >= 15 is 0 Å². The Morgan fingerprint density at radius 3 is 3.00 bits per heavy atom. The van der Waals surface area contributed by atoms with Crippen LogP contribution in [-0.2, 0) is 0 Å². The fourth-order valence-corrected chi connectivity index (χ4v) is 3.92. The van der Waals surface area contributed by atoms with E-state index in [1.165, 1.54) is 29.5 Å². The maximum Gasteiger partial charge on any atom is 0.156 e. The topological polar surface area (TPSA) is 24.4 Å². The van der Waals surface area contributed by atoms with Gasteiger partial charge in [0.1, 0.15) is 0 Å². The fourth-order valence-electron chi connectivity index (χ4n) is 1.75. The molecule has 2 rings (SSSR count). The Labute approximate surface area is 101 Å². The summed E-state index contributed by atoms with van der Waals surface area (Å²) in [4.78, 5) is 4.60. The van der Waals surface area contributed by atoms with Gasteiger partial charge in [-0.3, -0.25) is 4.99 Å². The molecule has 0 amide bonds. The molecule has 2 heterocycles. The van der Waals surface area contributed by atoms with E-state index in [-0.39, 0.29) is 0 Å². The van der Waals surface area contributed by atoms with Crippen molar-refractivity contribution in [1.29, 1.82) is 0 Å². The van der Waals surface area contributed by atoms with Crippen molar-refractivity contribution < 1.29 is 0 Å². The van der Waals surface area contributed by atoms with Crippen LogP contribution in [0.25, 0.3) is 0 Å². The van der Waals surface area contributed by atoms with E-state index in [0.717, 1.165) is 18.3 Å². The minimum Gasteiger partial charge on any atom is -0.364 e. The average Bonchev–Trinajstić information content (AvgIpc) is 2.69. The highest BCUT2D eigenvalue weighted by atomic mass is 32.2. The van der Waals surface area contributed by atoms with Crippen LogP contribution < -0.4 is 5.32 Å². The number of nitrogens with zero attached hydrogens (tertiary/aromatic N) is 1. The van der Waals surface area contributed by atoms with Gasteiger partial charge < -0.3 is 5.32 Å². The van der Waals surface area contributed by atoms with E-state index in [4.69, 9.17) is 0 Å². The molecule has 0 aliphatic carbocycles. The van der Waals surface area contributed by atoms with E-state index in [2.05, 4.69) is 35.9 Å². The Balaban J connectivity index is 1.73. The first-order valence-electron chi connectivity index (χ1n) is 5.68. The van der Waals surface area contributed by atoms with Gasteiger partial charge in [0.05, 0.1) is 0 Å². The van der Waals surface area contributed by atoms with Gasteiger partial charge in [-0.15, -0.1) is 0 Å². The van der Waals surface area contributed by atoms with Crippen molar-refractivity contribution in [3.05, 3.63) is 0 Å². The minimum atomic E-state index is 0.387. The molecule has 0 spiro atoms. The summed E-state index contributed by atoms with van der Waals surface area (Å²) >= 11 is 3.99. The lowest BCUT2D eigenvalue weighted by Crippen LogP contribution is -2.34. The molecule has 86 valence electrons. The van der Waals surface area contributed by atoms with Gasteiger partial charge in [0.25, 0.3) is 0 Å². The van der Waals surface area contributed by atoms with Crippen molar-refractivity contribution in [2.75, 3.05) is 24.6 Å². The Kier molecular flexibility index (Phi) is 3.88. The van der Waals surface area contributed by atoms with Gasteiger partial charge >= 0.3 is 0 Å².